The summed E-state index contributed by atoms with van der Waals surface area (Å²) < 4.78 is 1.04. The van der Waals surface area contributed by atoms with Crippen molar-refractivity contribution in [1.82, 2.24) is 5.32 Å². The maximum absolute atomic E-state index is 12.5. The summed E-state index contributed by atoms with van der Waals surface area (Å²) in [6.45, 7) is 2.16. The van der Waals surface area contributed by atoms with Gasteiger partial charge in [-0.1, -0.05) is 18.6 Å². The van der Waals surface area contributed by atoms with Gasteiger partial charge in [-0.25, -0.2) is 0 Å². The highest BCUT2D eigenvalue weighted by atomic mass is 32.1. The molecule has 1 aromatic heterocycles. The van der Waals surface area contributed by atoms with Crippen molar-refractivity contribution in [3.05, 3.63) is 28.6 Å². The van der Waals surface area contributed by atoms with Crippen molar-refractivity contribution in [2.45, 2.75) is 32.2 Å². The predicted molar refractivity (Wildman–Crippen MR) is 86.7 cm³/mol. The fourth-order valence-electron chi connectivity index (χ4n) is 3.07. The molecule has 2 unspecified atom stereocenters. The van der Waals surface area contributed by atoms with E-state index in [1.807, 2.05) is 19.1 Å². The van der Waals surface area contributed by atoms with Crippen molar-refractivity contribution < 1.29 is 9.90 Å². The third-order valence-corrected chi connectivity index (χ3v) is 5.47. The topological polar surface area (TPSA) is 75.4 Å². The molecule has 0 bridgehead atoms. The van der Waals surface area contributed by atoms with Crippen LogP contribution in [-0.4, -0.2) is 23.7 Å². The molecular weight excluding hydrogens is 284 g/mol. The maximum Gasteiger partial charge on any atom is 0.263 e. The van der Waals surface area contributed by atoms with Crippen molar-refractivity contribution in [1.29, 1.82) is 0 Å². The van der Waals surface area contributed by atoms with E-state index in [0.29, 0.717) is 10.6 Å². The Hall–Kier alpha value is -1.59. The summed E-state index contributed by atoms with van der Waals surface area (Å²) >= 11 is 1.44. The minimum absolute atomic E-state index is 0.0637. The van der Waals surface area contributed by atoms with Crippen molar-refractivity contribution >= 4 is 33.0 Å². The van der Waals surface area contributed by atoms with E-state index >= 15 is 0 Å². The molecule has 1 aromatic carbocycles. The number of rotatable bonds is 3. The van der Waals surface area contributed by atoms with Crippen LogP contribution in [0.25, 0.3) is 10.1 Å². The Bertz CT molecular complexity index is 680. The zero-order valence-corrected chi connectivity index (χ0v) is 12.9. The standard InChI is InChI=1S/C16H20N2O2S/c1-9-5-6-11-13(7-9)21-15(14(11)17)16(20)18-12-4-2-3-10(12)8-19/h5-7,10,12,19H,2-4,8,17H2,1H3,(H,18,20). The first-order valence-corrected chi connectivity index (χ1v) is 8.12. The summed E-state index contributed by atoms with van der Waals surface area (Å²) in [5, 5.41) is 13.3. The van der Waals surface area contributed by atoms with Crippen molar-refractivity contribution in [3.8, 4) is 0 Å². The van der Waals surface area contributed by atoms with Gasteiger partial charge in [-0.05, 0) is 31.4 Å². The van der Waals surface area contributed by atoms with Crippen LogP contribution in [-0.2, 0) is 0 Å². The van der Waals surface area contributed by atoms with Gasteiger partial charge >= 0.3 is 0 Å². The Morgan fingerprint density at radius 2 is 2.29 bits per heavy atom. The van der Waals surface area contributed by atoms with Gasteiger partial charge < -0.3 is 16.2 Å². The third-order valence-electron chi connectivity index (χ3n) is 4.30. The molecule has 1 aliphatic carbocycles. The number of carbonyl (C=O) groups excluding carboxylic acids is 1. The van der Waals surface area contributed by atoms with E-state index in [2.05, 4.69) is 11.4 Å². The van der Waals surface area contributed by atoms with Gasteiger partial charge in [0.1, 0.15) is 4.88 Å². The molecular formula is C16H20N2O2S. The van der Waals surface area contributed by atoms with E-state index in [1.54, 1.807) is 0 Å². The fourth-order valence-corrected chi connectivity index (χ4v) is 4.20. The highest BCUT2D eigenvalue weighted by Gasteiger charge is 2.29. The number of hydrogen-bond donors (Lipinski definition) is 3. The minimum Gasteiger partial charge on any atom is -0.397 e. The zero-order chi connectivity index (χ0) is 15.0. The van der Waals surface area contributed by atoms with Crippen LogP contribution in [0.15, 0.2) is 18.2 Å². The molecule has 0 saturated heterocycles. The number of carbonyl (C=O) groups is 1. The summed E-state index contributed by atoms with van der Waals surface area (Å²) in [7, 11) is 0. The van der Waals surface area contributed by atoms with E-state index in [9.17, 15) is 9.90 Å². The number of benzene rings is 1. The van der Waals surface area contributed by atoms with Gasteiger partial charge in [0.05, 0.1) is 5.69 Å². The average Bonchev–Trinajstić information content (AvgIpc) is 3.03. The number of amides is 1. The van der Waals surface area contributed by atoms with Gasteiger partial charge in [0, 0.05) is 28.7 Å². The molecule has 3 rings (SSSR count). The molecule has 0 aliphatic heterocycles. The van der Waals surface area contributed by atoms with E-state index in [0.717, 1.165) is 34.9 Å². The second-order valence-electron chi connectivity index (χ2n) is 5.80. The van der Waals surface area contributed by atoms with Crippen LogP contribution in [0.5, 0.6) is 0 Å². The summed E-state index contributed by atoms with van der Waals surface area (Å²) in [4.78, 5) is 13.1. The van der Waals surface area contributed by atoms with Crippen LogP contribution in [0.1, 0.15) is 34.5 Å². The highest BCUT2D eigenvalue weighted by molar-refractivity contribution is 7.21. The third kappa shape index (κ3) is 2.63. The average molecular weight is 304 g/mol. The summed E-state index contributed by atoms with van der Waals surface area (Å²) in [6.07, 6.45) is 2.96. The maximum atomic E-state index is 12.5. The van der Waals surface area contributed by atoms with Crippen molar-refractivity contribution in [2.75, 3.05) is 12.3 Å². The van der Waals surface area contributed by atoms with Crippen LogP contribution in [0.2, 0.25) is 0 Å². The number of nitrogen functional groups attached to an aromatic ring is 1. The molecule has 2 atom stereocenters. The van der Waals surface area contributed by atoms with Crippen molar-refractivity contribution in [2.24, 2.45) is 5.92 Å². The molecule has 112 valence electrons. The Kier molecular flexibility index (Phi) is 3.87. The molecule has 4 N–H and O–H groups in total. The van der Waals surface area contributed by atoms with Gasteiger partial charge in [0.15, 0.2) is 0 Å². The number of thiophene rings is 1. The van der Waals surface area contributed by atoms with Gasteiger partial charge in [0.2, 0.25) is 0 Å². The molecule has 5 heteroatoms. The zero-order valence-electron chi connectivity index (χ0n) is 12.1. The lowest BCUT2D eigenvalue weighted by atomic mass is 10.1. The molecule has 1 heterocycles. The SMILES string of the molecule is Cc1ccc2c(N)c(C(=O)NC3CCCC3CO)sc2c1. The number of nitrogens with two attached hydrogens (primary N) is 1. The summed E-state index contributed by atoms with van der Waals surface area (Å²) in [5.41, 5.74) is 7.85. The van der Waals surface area contributed by atoms with E-state index in [4.69, 9.17) is 5.73 Å². The molecule has 0 radical (unpaired) electrons. The molecule has 1 saturated carbocycles. The first kappa shape index (κ1) is 14.4. The normalized spacial score (nSPS) is 21.8. The lowest BCUT2D eigenvalue weighted by molar-refractivity contribution is 0.0921. The first-order valence-electron chi connectivity index (χ1n) is 7.30. The Morgan fingerprint density at radius 3 is 3.05 bits per heavy atom. The first-order chi connectivity index (χ1) is 10.1. The van der Waals surface area contributed by atoms with Gasteiger partial charge in [0.25, 0.3) is 5.91 Å². The molecule has 1 amide bonds. The second kappa shape index (κ2) is 5.66. The van der Waals surface area contributed by atoms with E-state index < -0.39 is 0 Å². The van der Waals surface area contributed by atoms with E-state index in [1.165, 1.54) is 11.3 Å². The van der Waals surface area contributed by atoms with Gasteiger partial charge in [-0.2, -0.15) is 0 Å². The molecule has 1 fully saturated rings. The quantitative estimate of drug-likeness (QED) is 0.816. The lowest BCUT2D eigenvalue weighted by Crippen LogP contribution is -2.38. The number of fused-ring (bicyclic) bond motifs is 1. The molecule has 4 nitrogen and oxygen atoms in total. The monoisotopic (exact) mass is 304 g/mol. The number of hydrogen-bond acceptors (Lipinski definition) is 4. The van der Waals surface area contributed by atoms with Crippen molar-refractivity contribution in [3.63, 3.8) is 0 Å². The molecule has 2 aromatic rings. The van der Waals surface area contributed by atoms with Crippen LogP contribution < -0.4 is 11.1 Å². The Labute approximate surface area is 128 Å². The number of aryl methyl sites for hydroxylation is 1. The second-order valence-corrected chi connectivity index (χ2v) is 6.85. The van der Waals surface area contributed by atoms with Crippen LogP contribution in [0.4, 0.5) is 5.69 Å². The van der Waals surface area contributed by atoms with Crippen LogP contribution >= 0.6 is 11.3 Å². The van der Waals surface area contributed by atoms with E-state index in [-0.39, 0.29) is 24.5 Å². The Morgan fingerprint density at radius 1 is 1.48 bits per heavy atom. The largest absolute Gasteiger partial charge is 0.397 e. The van der Waals surface area contributed by atoms with Gasteiger partial charge in [-0.15, -0.1) is 11.3 Å². The highest BCUT2D eigenvalue weighted by Crippen LogP contribution is 2.34. The number of anilines is 1. The lowest BCUT2D eigenvalue weighted by Gasteiger charge is -2.18. The van der Waals surface area contributed by atoms with Crippen LogP contribution in [0.3, 0.4) is 0 Å². The fraction of sp³-hybridized carbons (Fsp3) is 0.438. The summed E-state index contributed by atoms with van der Waals surface area (Å²) in [5.74, 6) is 0.0588. The number of aliphatic hydroxyl groups is 1. The predicted octanol–water partition coefficient (Wildman–Crippen LogP) is 2.68. The van der Waals surface area contributed by atoms with Gasteiger partial charge in [-0.3, -0.25) is 4.79 Å². The minimum atomic E-state index is -0.114. The van der Waals surface area contributed by atoms with Crippen LogP contribution in [0, 0.1) is 12.8 Å². The Balaban J connectivity index is 1.86. The molecule has 21 heavy (non-hydrogen) atoms. The summed E-state index contributed by atoms with van der Waals surface area (Å²) in [6, 6.07) is 6.10. The number of nitrogens with one attached hydrogen (secondary N) is 1. The molecule has 1 aliphatic rings. The smallest absolute Gasteiger partial charge is 0.263 e. The molecule has 0 spiro atoms. The number of aliphatic hydroxyl groups excluding tert-OH is 1.